The van der Waals surface area contributed by atoms with E-state index >= 15 is 0 Å². The first kappa shape index (κ1) is 19.4. The van der Waals surface area contributed by atoms with Gasteiger partial charge in [-0.3, -0.25) is 0 Å². The van der Waals surface area contributed by atoms with Crippen LogP contribution < -0.4 is 4.74 Å². The van der Waals surface area contributed by atoms with Gasteiger partial charge < -0.3 is 4.74 Å². The van der Waals surface area contributed by atoms with Gasteiger partial charge >= 0.3 is 0 Å². The number of hydrogen-bond donors (Lipinski definition) is 0. The Kier molecular flexibility index (Phi) is 7.27. The van der Waals surface area contributed by atoms with Gasteiger partial charge in [0.25, 0.3) is 0 Å². The minimum absolute atomic E-state index is 0.529. The molecule has 3 heteroatoms. The molecule has 1 aromatic heterocycles. The van der Waals surface area contributed by atoms with Gasteiger partial charge in [0.1, 0.15) is 0 Å². The van der Waals surface area contributed by atoms with E-state index in [1.165, 1.54) is 44.1 Å². The van der Waals surface area contributed by atoms with Crippen LogP contribution in [0.4, 0.5) is 0 Å². The number of aromatic nitrogens is 2. The van der Waals surface area contributed by atoms with Crippen LogP contribution in [-0.4, -0.2) is 16.6 Å². The van der Waals surface area contributed by atoms with Crippen molar-refractivity contribution >= 4 is 0 Å². The summed E-state index contributed by atoms with van der Waals surface area (Å²) in [7, 11) is 0. The number of nitrogens with zero attached hydrogens (tertiary/aromatic N) is 2. The summed E-state index contributed by atoms with van der Waals surface area (Å²) in [5.41, 5.74) is 2.46. The van der Waals surface area contributed by atoms with E-state index in [-0.39, 0.29) is 0 Å². The molecule has 0 spiro atoms. The minimum atomic E-state index is 0.529. The number of hydrogen-bond acceptors (Lipinski definition) is 3. The lowest BCUT2D eigenvalue weighted by atomic mass is 9.79. The molecule has 1 fully saturated rings. The topological polar surface area (TPSA) is 35.0 Å². The highest BCUT2D eigenvalue weighted by Gasteiger charge is 2.19. The minimum Gasteiger partial charge on any atom is -0.490 e. The quantitative estimate of drug-likeness (QED) is 0.485. The van der Waals surface area contributed by atoms with E-state index in [2.05, 4.69) is 59.9 Å². The van der Waals surface area contributed by atoms with E-state index in [4.69, 9.17) is 4.74 Å². The Morgan fingerprint density at radius 3 is 2.33 bits per heavy atom. The molecule has 0 amide bonds. The van der Waals surface area contributed by atoms with Crippen LogP contribution in [-0.2, 0) is 0 Å². The number of rotatable bonds is 6. The number of unbranched alkanes of at least 4 members (excludes halogenated alkanes) is 2. The molecule has 3 rings (SSSR count). The smallest absolute Gasteiger partial charge is 0.205 e. The molecule has 1 heterocycles. The summed E-state index contributed by atoms with van der Waals surface area (Å²) < 4.78 is 5.63. The Morgan fingerprint density at radius 1 is 0.963 bits per heavy atom. The van der Waals surface area contributed by atoms with Gasteiger partial charge in [0.05, 0.1) is 19.0 Å². The highest BCUT2D eigenvalue weighted by molar-refractivity contribution is 5.40. The van der Waals surface area contributed by atoms with Gasteiger partial charge in [-0.2, -0.15) is 0 Å². The standard InChI is InChI=1S/C24H30N2O/c1-3-4-5-16-27-23-17-25-24(26-18-23)15-10-20-8-13-22(14-9-20)21-11-6-19(2)7-12-21/h8-9,13-14,17-19,21H,3-7,11-12,16H2,1-2H3. The van der Waals surface area contributed by atoms with E-state index in [9.17, 15) is 0 Å². The van der Waals surface area contributed by atoms with Crippen molar-refractivity contribution in [2.75, 3.05) is 6.61 Å². The average molecular weight is 363 g/mol. The van der Waals surface area contributed by atoms with Gasteiger partial charge in [0.2, 0.25) is 5.82 Å². The van der Waals surface area contributed by atoms with Gasteiger partial charge in [0.15, 0.2) is 5.75 Å². The van der Waals surface area contributed by atoms with Gasteiger partial charge in [0, 0.05) is 5.56 Å². The Hall–Kier alpha value is -2.34. The summed E-state index contributed by atoms with van der Waals surface area (Å²) in [5.74, 6) is 9.05. The highest BCUT2D eigenvalue weighted by atomic mass is 16.5. The second kappa shape index (κ2) is 10.1. The highest BCUT2D eigenvalue weighted by Crippen LogP contribution is 2.35. The molecular formula is C24H30N2O. The van der Waals surface area contributed by atoms with E-state index < -0.39 is 0 Å². The van der Waals surface area contributed by atoms with Crippen molar-refractivity contribution in [2.24, 2.45) is 5.92 Å². The first-order chi connectivity index (χ1) is 13.2. The molecule has 1 saturated carbocycles. The van der Waals surface area contributed by atoms with E-state index in [1.54, 1.807) is 12.4 Å². The Morgan fingerprint density at radius 2 is 1.67 bits per heavy atom. The zero-order chi connectivity index (χ0) is 18.9. The maximum atomic E-state index is 5.63. The number of ether oxygens (including phenoxy) is 1. The molecule has 0 aliphatic heterocycles. The molecule has 0 radical (unpaired) electrons. The molecule has 0 bridgehead atoms. The monoisotopic (exact) mass is 362 g/mol. The first-order valence-electron chi connectivity index (χ1n) is 10.3. The first-order valence-corrected chi connectivity index (χ1v) is 10.3. The third kappa shape index (κ3) is 6.10. The summed E-state index contributed by atoms with van der Waals surface area (Å²) in [6.07, 6.45) is 12.2. The van der Waals surface area contributed by atoms with Crippen molar-refractivity contribution in [2.45, 2.75) is 64.7 Å². The van der Waals surface area contributed by atoms with Crippen molar-refractivity contribution in [1.82, 2.24) is 9.97 Å². The summed E-state index contributed by atoms with van der Waals surface area (Å²) in [4.78, 5) is 8.56. The van der Waals surface area contributed by atoms with Crippen molar-refractivity contribution in [1.29, 1.82) is 0 Å². The molecule has 1 aliphatic rings. The van der Waals surface area contributed by atoms with Crippen LogP contribution in [0.25, 0.3) is 0 Å². The summed E-state index contributed by atoms with van der Waals surface area (Å²) >= 11 is 0. The Bertz CT molecular complexity index is 748. The van der Waals surface area contributed by atoms with Crippen LogP contribution in [0, 0.1) is 17.8 Å². The molecule has 0 unspecified atom stereocenters. The Balaban J connectivity index is 1.54. The van der Waals surface area contributed by atoms with E-state index in [0.29, 0.717) is 18.2 Å². The van der Waals surface area contributed by atoms with Crippen molar-refractivity contribution < 1.29 is 4.74 Å². The molecule has 142 valence electrons. The lowest BCUT2D eigenvalue weighted by molar-refractivity contribution is 0.304. The summed E-state index contributed by atoms with van der Waals surface area (Å²) in [6.45, 7) is 5.26. The maximum Gasteiger partial charge on any atom is 0.205 e. The van der Waals surface area contributed by atoms with Crippen molar-refractivity contribution in [3.8, 4) is 17.6 Å². The largest absolute Gasteiger partial charge is 0.490 e. The van der Waals surface area contributed by atoms with Crippen molar-refractivity contribution in [3.05, 3.63) is 53.6 Å². The van der Waals surface area contributed by atoms with Crippen molar-refractivity contribution in [3.63, 3.8) is 0 Å². The lowest BCUT2D eigenvalue weighted by Gasteiger charge is -2.26. The molecule has 3 nitrogen and oxygen atoms in total. The number of benzene rings is 1. The maximum absolute atomic E-state index is 5.63. The van der Waals surface area contributed by atoms with Gasteiger partial charge in [-0.15, -0.1) is 0 Å². The van der Waals surface area contributed by atoms with Crippen LogP contribution in [0.5, 0.6) is 5.75 Å². The average Bonchev–Trinajstić information content (AvgIpc) is 2.72. The molecule has 1 aliphatic carbocycles. The van der Waals surface area contributed by atoms with Gasteiger partial charge in [-0.25, -0.2) is 9.97 Å². The molecule has 27 heavy (non-hydrogen) atoms. The second-order valence-corrected chi connectivity index (χ2v) is 7.63. The van der Waals surface area contributed by atoms with Crippen LogP contribution in [0.15, 0.2) is 36.7 Å². The normalized spacial score (nSPS) is 19.2. The zero-order valence-corrected chi connectivity index (χ0v) is 16.6. The predicted octanol–water partition coefficient (Wildman–Crippen LogP) is 5.74. The predicted molar refractivity (Wildman–Crippen MR) is 110 cm³/mol. The molecule has 1 aromatic carbocycles. The van der Waals surface area contributed by atoms with Crippen LogP contribution in [0.3, 0.4) is 0 Å². The SMILES string of the molecule is CCCCCOc1cnc(C#Cc2ccc(C3CCC(C)CC3)cc2)nc1. The molecule has 2 aromatic rings. The fourth-order valence-corrected chi connectivity index (χ4v) is 3.56. The fraction of sp³-hybridized carbons (Fsp3) is 0.500. The molecule has 0 saturated heterocycles. The molecule has 0 atom stereocenters. The van der Waals surface area contributed by atoms with Crippen LogP contribution >= 0.6 is 0 Å². The zero-order valence-electron chi connectivity index (χ0n) is 16.6. The van der Waals surface area contributed by atoms with Crippen LogP contribution in [0.2, 0.25) is 0 Å². The third-order valence-corrected chi connectivity index (χ3v) is 5.36. The summed E-state index contributed by atoms with van der Waals surface area (Å²) in [5, 5.41) is 0. The fourth-order valence-electron chi connectivity index (χ4n) is 3.56. The molecule has 0 N–H and O–H groups in total. The van der Waals surface area contributed by atoms with Crippen LogP contribution in [0.1, 0.15) is 81.7 Å². The third-order valence-electron chi connectivity index (χ3n) is 5.36. The van der Waals surface area contributed by atoms with E-state index in [0.717, 1.165) is 23.8 Å². The van der Waals surface area contributed by atoms with Gasteiger partial charge in [-0.1, -0.05) is 57.6 Å². The second-order valence-electron chi connectivity index (χ2n) is 7.63. The summed E-state index contributed by atoms with van der Waals surface area (Å²) in [6, 6.07) is 8.70. The Labute approximate surface area is 163 Å². The molecular weight excluding hydrogens is 332 g/mol. The van der Waals surface area contributed by atoms with Gasteiger partial charge in [-0.05, 0) is 54.7 Å². The van der Waals surface area contributed by atoms with E-state index in [1.807, 2.05) is 0 Å². The lowest BCUT2D eigenvalue weighted by Crippen LogP contribution is -2.10.